The van der Waals surface area contributed by atoms with Crippen molar-refractivity contribution < 1.29 is 62.6 Å². The van der Waals surface area contributed by atoms with Crippen LogP contribution in [-0.2, 0) is 57.5 Å². The molecule has 6 fully saturated rings. The van der Waals surface area contributed by atoms with Crippen molar-refractivity contribution in [2.75, 3.05) is 52.4 Å². The normalized spacial score (nSPS) is 24.0. The van der Waals surface area contributed by atoms with Crippen LogP contribution in [0, 0.1) is 11.8 Å². The van der Waals surface area contributed by atoms with Crippen LogP contribution in [0.15, 0.2) is 4.99 Å². The number of nitrogens with zero attached hydrogens (tertiary/aromatic N) is 6. The summed E-state index contributed by atoms with van der Waals surface area (Å²) >= 11 is 0. The van der Waals surface area contributed by atoms with E-state index in [2.05, 4.69) is 36.9 Å². The lowest BCUT2D eigenvalue weighted by molar-refractivity contribution is -0.152. The molecule has 6 rings (SSSR count). The van der Waals surface area contributed by atoms with E-state index in [-0.39, 0.29) is 102 Å². The molecule has 6 aliphatic rings. The molecule has 0 aliphatic carbocycles. The van der Waals surface area contributed by atoms with Crippen LogP contribution in [0.3, 0.4) is 0 Å². The van der Waals surface area contributed by atoms with Crippen molar-refractivity contribution in [1.29, 1.82) is 0 Å². The summed E-state index contributed by atoms with van der Waals surface area (Å²) in [6, 6.07) is -10.2. The van der Waals surface area contributed by atoms with Gasteiger partial charge in [-0.15, -0.1) is 0 Å². The molecule has 0 unspecified atom stereocenters. The van der Waals surface area contributed by atoms with Gasteiger partial charge in [-0.1, -0.05) is 34.1 Å². The van der Waals surface area contributed by atoms with Crippen molar-refractivity contribution in [1.82, 2.24) is 56.4 Å². The van der Waals surface area contributed by atoms with Crippen molar-refractivity contribution in [3.8, 4) is 0 Å². The minimum Gasteiger partial charge on any atom is -0.480 e. The summed E-state index contributed by atoms with van der Waals surface area (Å²) in [6.07, 6.45) is 6.36. The molecule has 6 aliphatic heterocycles. The summed E-state index contributed by atoms with van der Waals surface area (Å²) < 4.78 is 0. The van der Waals surface area contributed by atoms with Crippen molar-refractivity contribution in [2.24, 2.45) is 34.0 Å². The second kappa shape index (κ2) is 31.1. The average Bonchev–Trinajstić information content (AvgIpc) is 3.03. The van der Waals surface area contributed by atoms with E-state index in [9.17, 15) is 62.6 Å². The summed E-state index contributed by atoms with van der Waals surface area (Å²) in [5.41, 5.74) is 17.0. The van der Waals surface area contributed by atoms with E-state index in [1.165, 1.54) is 24.5 Å². The van der Waals surface area contributed by atoms with Crippen LogP contribution < -0.4 is 49.1 Å². The second-order valence-electron chi connectivity index (χ2n) is 23.6. The highest BCUT2D eigenvalue weighted by Gasteiger charge is 2.47. The highest BCUT2D eigenvalue weighted by atomic mass is 16.4. The minimum atomic E-state index is -1.21. The number of carboxylic acid groups (broad SMARTS) is 1. The quantitative estimate of drug-likeness (QED) is 0.0222. The van der Waals surface area contributed by atoms with Gasteiger partial charge < -0.3 is 78.7 Å². The second-order valence-corrected chi connectivity index (χ2v) is 23.6. The number of hydrogen-bond donors (Lipinski definition) is 10. The van der Waals surface area contributed by atoms with E-state index in [0.717, 1.165) is 0 Å². The maximum atomic E-state index is 14.8. The number of carboxylic acids is 1. The first kappa shape index (κ1) is 66.0. The Balaban J connectivity index is 1.13. The zero-order valence-corrected chi connectivity index (χ0v) is 49.3. The molecule has 6 saturated heterocycles. The summed E-state index contributed by atoms with van der Waals surface area (Å²) in [5, 5.41) is 26.2. The van der Waals surface area contributed by atoms with Gasteiger partial charge in [0.1, 0.15) is 60.4 Å². The molecule has 11 amide bonds. The highest BCUT2D eigenvalue weighted by molar-refractivity contribution is 6.00. The largest absolute Gasteiger partial charge is 0.480 e. The smallest absolute Gasteiger partial charge is 0.326 e. The number of aliphatic imine (C=N–C) groups is 1. The van der Waals surface area contributed by atoms with Crippen molar-refractivity contribution in [2.45, 2.75) is 210 Å². The number of likely N-dealkylation sites (tertiary alicyclic amines) is 5. The fourth-order valence-corrected chi connectivity index (χ4v) is 12.5. The molecule has 28 nitrogen and oxygen atoms in total. The Morgan fingerprint density at radius 1 is 0.607 bits per heavy atom. The van der Waals surface area contributed by atoms with E-state index in [1.807, 2.05) is 20.8 Å². The Hall–Kier alpha value is -7.13. The number of rotatable bonds is 28. The number of carbonyl (C=O) groups excluding carboxylic acids is 11. The lowest BCUT2D eigenvalue weighted by Gasteiger charge is -2.35. The van der Waals surface area contributed by atoms with Crippen LogP contribution in [0.2, 0.25) is 0 Å². The molecule has 11 atom stereocenters. The van der Waals surface area contributed by atoms with Crippen LogP contribution in [0.5, 0.6) is 0 Å². The minimum absolute atomic E-state index is 0.0400. The van der Waals surface area contributed by atoms with E-state index >= 15 is 0 Å². The van der Waals surface area contributed by atoms with Gasteiger partial charge >= 0.3 is 5.97 Å². The zero-order chi connectivity index (χ0) is 61.4. The predicted octanol–water partition coefficient (Wildman–Crippen LogP) is -2.37. The first-order chi connectivity index (χ1) is 40.1. The summed E-state index contributed by atoms with van der Waals surface area (Å²) in [7, 11) is 0. The van der Waals surface area contributed by atoms with Gasteiger partial charge in [-0.25, -0.2) is 4.79 Å². The molecule has 0 aromatic heterocycles. The third-order valence-electron chi connectivity index (χ3n) is 17.1. The molecule has 468 valence electrons. The number of hydrogen-bond acceptors (Lipinski definition) is 14. The SMILES string of the molecule is CC[C@H](C)[C@H](NC(=O)[C@H](CCCCN)NC(=O)[C@@H]1CCCN1C(=O)[C@H](CCCN=C(N)N)NC(=O)[C@@H]1CCCN1C(=O)[C@@H]1CCCN1C(=O)[C@H](CC(C)C)NC(=O)CNC(=O)[C@@H]1CCC(=O)N1)C(=O)N1CCC[C@H]1C(=O)N1CCC[C@H]1C(=O)O. The maximum Gasteiger partial charge on any atom is 0.326 e. The summed E-state index contributed by atoms with van der Waals surface area (Å²) in [6.45, 7) is 8.44. The van der Waals surface area contributed by atoms with Gasteiger partial charge in [0.15, 0.2) is 5.96 Å². The zero-order valence-electron chi connectivity index (χ0n) is 49.3. The van der Waals surface area contributed by atoms with Gasteiger partial charge in [-0.05, 0) is 128 Å². The van der Waals surface area contributed by atoms with E-state index in [0.29, 0.717) is 83.6 Å². The van der Waals surface area contributed by atoms with Crippen molar-refractivity contribution >= 4 is 76.9 Å². The molecule has 0 radical (unpaired) electrons. The molecule has 6 heterocycles. The van der Waals surface area contributed by atoms with E-state index < -0.39 is 138 Å². The number of amides is 11. The Bertz CT molecular complexity index is 2460. The monoisotopic (exact) mass is 1180 g/mol. The first-order valence-corrected chi connectivity index (χ1v) is 30.3. The fourth-order valence-electron chi connectivity index (χ4n) is 12.5. The predicted molar refractivity (Wildman–Crippen MR) is 305 cm³/mol. The third kappa shape index (κ3) is 17.0. The first-order valence-electron chi connectivity index (χ1n) is 30.3. The fraction of sp³-hybridized carbons (Fsp3) is 0.768. The number of unbranched alkanes of at least 4 members (excludes halogenated alkanes) is 1. The molecule has 0 saturated carbocycles. The van der Waals surface area contributed by atoms with Gasteiger partial charge in [-0.3, -0.25) is 57.7 Å². The van der Waals surface area contributed by atoms with Gasteiger partial charge in [0, 0.05) is 45.7 Å². The molecule has 0 aromatic carbocycles. The Morgan fingerprint density at radius 3 is 1.64 bits per heavy atom. The van der Waals surface area contributed by atoms with Gasteiger partial charge in [-0.2, -0.15) is 0 Å². The molecular formula is C56H91N15O13. The molecule has 0 spiro atoms. The standard InChI is InChI=1S/C56H91N15O13/c1-5-33(4)45(54(82)70-28-12-19-41(70)53(81)71-29-13-20-42(71)55(83)84)66-47(75)34(14-6-7-23-57)64-48(76)38-16-9-25-67(38)50(78)36(15-8-24-60-56(58)59)65-49(77)39-17-10-26-68(39)52(80)40-18-11-27-69(40)51(79)37(30-32(2)3)63-44(73)31-61-46(74)35-21-22-43(72)62-35/h32-42,45H,5-31,57H2,1-4H3,(H,61,74)(H,62,72)(H,63,73)(H,64,76)(H,65,77)(H,66,75)(H,83,84)(H4,58,59,60)/t33-,34-,35-,36-,37-,38-,39-,40-,41-,42-,45-/m0/s1. The maximum absolute atomic E-state index is 14.8. The van der Waals surface area contributed by atoms with Crippen LogP contribution in [0.4, 0.5) is 0 Å². The number of nitrogens with one attached hydrogen (secondary N) is 6. The van der Waals surface area contributed by atoms with Gasteiger partial charge in [0.2, 0.25) is 65.0 Å². The number of carbonyl (C=O) groups is 12. The molecular weight excluding hydrogens is 1090 g/mol. The van der Waals surface area contributed by atoms with Crippen molar-refractivity contribution in [3.05, 3.63) is 0 Å². The Morgan fingerprint density at radius 2 is 1.11 bits per heavy atom. The average molecular weight is 1180 g/mol. The lowest BCUT2D eigenvalue weighted by atomic mass is 9.96. The molecule has 13 N–H and O–H groups in total. The molecule has 0 bridgehead atoms. The number of nitrogens with two attached hydrogens (primary N) is 3. The number of aliphatic carboxylic acids is 1. The molecule has 84 heavy (non-hydrogen) atoms. The molecule has 28 heteroatoms. The highest BCUT2D eigenvalue weighted by Crippen LogP contribution is 2.30. The summed E-state index contributed by atoms with van der Waals surface area (Å²) in [4.78, 5) is 176. The number of guanidine groups is 1. The topological polar surface area (TPSA) is 404 Å². The van der Waals surface area contributed by atoms with E-state index in [1.54, 1.807) is 6.92 Å². The van der Waals surface area contributed by atoms with Gasteiger partial charge in [0.05, 0.1) is 6.54 Å². The van der Waals surface area contributed by atoms with Crippen molar-refractivity contribution in [3.63, 3.8) is 0 Å². The Labute approximate surface area is 491 Å². The Kier molecular flexibility index (Phi) is 24.5. The van der Waals surface area contributed by atoms with Crippen LogP contribution in [-0.4, -0.2) is 219 Å². The third-order valence-corrected chi connectivity index (χ3v) is 17.1. The van der Waals surface area contributed by atoms with Crippen LogP contribution in [0.1, 0.15) is 150 Å². The van der Waals surface area contributed by atoms with Crippen LogP contribution in [0.25, 0.3) is 0 Å². The van der Waals surface area contributed by atoms with Crippen LogP contribution >= 0.6 is 0 Å². The molecule has 0 aromatic rings. The summed E-state index contributed by atoms with van der Waals surface area (Å²) in [5.74, 6) is -7.49. The van der Waals surface area contributed by atoms with E-state index in [4.69, 9.17) is 17.2 Å². The van der Waals surface area contributed by atoms with Gasteiger partial charge in [0.25, 0.3) is 0 Å². The lowest BCUT2D eigenvalue weighted by Crippen LogP contribution is -2.60.